The van der Waals surface area contributed by atoms with Crippen LogP contribution in [0.5, 0.6) is 0 Å². The number of hydrogen-bond donors (Lipinski definition) is 1. The molecular formula is C12H13FN2S. The van der Waals surface area contributed by atoms with Gasteiger partial charge in [0.1, 0.15) is 5.82 Å². The molecule has 0 saturated carbocycles. The first kappa shape index (κ1) is 11.1. The molecule has 0 unspecified atom stereocenters. The third kappa shape index (κ3) is 2.22. The van der Waals surface area contributed by atoms with Crippen LogP contribution in [0.1, 0.15) is 12.5 Å². The highest BCUT2D eigenvalue weighted by atomic mass is 32.1. The second-order valence-corrected chi connectivity index (χ2v) is 4.57. The van der Waals surface area contributed by atoms with Crippen LogP contribution in [0.2, 0.25) is 0 Å². The minimum Gasteiger partial charge on any atom is -0.362 e. The fraction of sp³-hybridized carbons (Fsp3) is 0.250. The molecular weight excluding hydrogens is 223 g/mol. The zero-order chi connectivity index (χ0) is 11.5. The zero-order valence-corrected chi connectivity index (χ0v) is 10.1. The second-order valence-electron chi connectivity index (χ2n) is 3.54. The van der Waals surface area contributed by atoms with E-state index in [-0.39, 0.29) is 5.82 Å². The number of thiazole rings is 1. The van der Waals surface area contributed by atoms with Crippen molar-refractivity contribution in [2.75, 3.05) is 11.9 Å². The smallest absolute Gasteiger partial charge is 0.183 e. The van der Waals surface area contributed by atoms with Gasteiger partial charge in [0.25, 0.3) is 0 Å². The third-order valence-electron chi connectivity index (χ3n) is 2.22. The Morgan fingerprint density at radius 3 is 3.00 bits per heavy atom. The molecule has 1 aromatic heterocycles. The highest BCUT2D eigenvalue weighted by Gasteiger charge is 2.08. The predicted molar refractivity (Wildman–Crippen MR) is 66.4 cm³/mol. The number of nitrogens with zero attached hydrogens (tertiary/aromatic N) is 1. The normalized spacial score (nSPS) is 10.4. The molecule has 0 aliphatic carbocycles. The average molecular weight is 236 g/mol. The number of aryl methyl sites for hydroxylation is 1. The number of aromatic nitrogens is 1. The molecule has 0 aliphatic heterocycles. The van der Waals surface area contributed by atoms with Crippen molar-refractivity contribution < 1.29 is 4.39 Å². The second kappa shape index (κ2) is 4.61. The fourth-order valence-electron chi connectivity index (χ4n) is 1.46. The van der Waals surface area contributed by atoms with E-state index in [0.29, 0.717) is 5.56 Å². The molecule has 84 valence electrons. The summed E-state index contributed by atoms with van der Waals surface area (Å²) in [6.07, 6.45) is 1.71. The van der Waals surface area contributed by atoms with E-state index in [9.17, 15) is 4.39 Å². The molecule has 0 bridgehead atoms. The molecule has 0 radical (unpaired) electrons. The molecule has 2 aromatic rings. The van der Waals surface area contributed by atoms with E-state index in [0.717, 1.165) is 22.1 Å². The molecule has 1 N–H and O–H groups in total. The van der Waals surface area contributed by atoms with E-state index in [1.807, 2.05) is 19.9 Å². The van der Waals surface area contributed by atoms with Gasteiger partial charge in [0.15, 0.2) is 5.13 Å². The maximum Gasteiger partial charge on any atom is 0.183 e. The summed E-state index contributed by atoms with van der Waals surface area (Å²) in [6, 6.07) is 5.11. The summed E-state index contributed by atoms with van der Waals surface area (Å²) in [5, 5.41) is 3.95. The molecule has 0 spiro atoms. The Morgan fingerprint density at radius 2 is 2.25 bits per heavy atom. The Kier molecular flexibility index (Phi) is 3.19. The van der Waals surface area contributed by atoms with Crippen LogP contribution in [-0.2, 0) is 0 Å². The van der Waals surface area contributed by atoms with E-state index in [4.69, 9.17) is 0 Å². The van der Waals surface area contributed by atoms with E-state index in [1.54, 1.807) is 12.3 Å². The molecule has 1 aromatic carbocycles. The highest BCUT2D eigenvalue weighted by Crippen LogP contribution is 2.31. The average Bonchev–Trinajstić information content (AvgIpc) is 2.71. The molecule has 1 heterocycles. The van der Waals surface area contributed by atoms with Crippen molar-refractivity contribution in [3.63, 3.8) is 0 Å². The molecule has 0 atom stereocenters. The van der Waals surface area contributed by atoms with Crippen LogP contribution in [0, 0.1) is 12.7 Å². The summed E-state index contributed by atoms with van der Waals surface area (Å²) in [5.74, 6) is -0.197. The van der Waals surface area contributed by atoms with Gasteiger partial charge in [-0.1, -0.05) is 23.0 Å². The van der Waals surface area contributed by atoms with Gasteiger partial charge >= 0.3 is 0 Å². The summed E-state index contributed by atoms with van der Waals surface area (Å²) >= 11 is 1.47. The first-order chi connectivity index (χ1) is 7.70. The topological polar surface area (TPSA) is 24.9 Å². The molecule has 0 fully saturated rings. The molecule has 0 amide bonds. The van der Waals surface area contributed by atoms with Crippen molar-refractivity contribution in [2.24, 2.45) is 0 Å². The zero-order valence-electron chi connectivity index (χ0n) is 9.25. The van der Waals surface area contributed by atoms with Crippen molar-refractivity contribution in [3.8, 4) is 10.4 Å². The SMILES string of the molecule is CCNc1ncc(-c2cc(C)ccc2F)s1. The minimum atomic E-state index is -0.197. The van der Waals surface area contributed by atoms with Crippen LogP contribution in [0.4, 0.5) is 9.52 Å². The summed E-state index contributed by atoms with van der Waals surface area (Å²) < 4.78 is 13.6. The number of anilines is 1. The van der Waals surface area contributed by atoms with Crippen LogP contribution in [0.25, 0.3) is 10.4 Å². The molecule has 4 heteroatoms. The van der Waals surface area contributed by atoms with Crippen molar-refractivity contribution in [1.29, 1.82) is 0 Å². The lowest BCUT2D eigenvalue weighted by Gasteiger charge is -2.00. The first-order valence-corrected chi connectivity index (χ1v) is 5.98. The van der Waals surface area contributed by atoms with Gasteiger partial charge in [0, 0.05) is 18.3 Å². The van der Waals surface area contributed by atoms with Gasteiger partial charge in [0.05, 0.1) is 4.88 Å². The Morgan fingerprint density at radius 1 is 1.44 bits per heavy atom. The van der Waals surface area contributed by atoms with Gasteiger partial charge in [0.2, 0.25) is 0 Å². The summed E-state index contributed by atoms with van der Waals surface area (Å²) in [6.45, 7) is 4.78. The Hall–Kier alpha value is -1.42. The van der Waals surface area contributed by atoms with Gasteiger partial charge in [-0.25, -0.2) is 9.37 Å². The van der Waals surface area contributed by atoms with Crippen LogP contribution in [0.15, 0.2) is 24.4 Å². The van der Waals surface area contributed by atoms with E-state index in [1.165, 1.54) is 17.4 Å². The van der Waals surface area contributed by atoms with Crippen molar-refractivity contribution in [1.82, 2.24) is 4.98 Å². The van der Waals surface area contributed by atoms with E-state index >= 15 is 0 Å². The summed E-state index contributed by atoms with van der Waals surface area (Å²) in [5.41, 5.74) is 1.68. The van der Waals surface area contributed by atoms with Gasteiger partial charge in [-0.3, -0.25) is 0 Å². The molecule has 2 rings (SSSR count). The predicted octanol–water partition coefficient (Wildman–Crippen LogP) is 3.69. The molecule has 0 aliphatic rings. The maximum atomic E-state index is 13.6. The lowest BCUT2D eigenvalue weighted by molar-refractivity contribution is 0.631. The number of nitrogens with one attached hydrogen (secondary N) is 1. The van der Waals surface area contributed by atoms with E-state index in [2.05, 4.69) is 10.3 Å². The van der Waals surface area contributed by atoms with Crippen LogP contribution in [-0.4, -0.2) is 11.5 Å². The monoisotopic (exact) mass is 236 g/mol. The lowest BCUT2D eigenvalue weighted by atomic mass is 10.1. The minimum absolute atomic E-state index is 0.197. The number of rotatable bonds is 3. The summed E-state index contributed by atoms with van der Waals surface area (Å²) in [7, 11) is 0. The first-order valence-electron chi connectivity index (χ1n) is 5.17. The van der Waals surface area contributed by atoms with Crippen LogP contribution in [0.3, 0.4) is 0 Å². The van der Waals surface area contributed by atoms with Crippen molar-refractivity contribution >= 4 is 16.5 Å². The fourth-order valence-corrected chi connectivity index (χ4v) is 2.36. The van der Waals surface area contributed by atoms with Gasteiger partial charge in [-0.15, -0.1) is 0 Å². The molecule has 0 saturated heterocycles. The molecule has 2 nitrogen and oxygen atoms in total. The lowest BCUT2D eigenvalue weighted by Crippen LogP contribution is -1.94. The standard InChI is InChI=1S/C12H13FN2S/c1-3-14-12-15-7-11(16-12)9-6-8(2)4-5-10(9)13/h4-7H,3H2,1-2H3,(H,14,15). The Bertz CT molecular complexity index is 494. The number of halogens is 1. The quantitative estimate of drug-likeness (QED) is 0.879. The van der Waals surface area contributed by atoms with Gasteiger partial charge in [-0.05, 0) is 26.0 Å². The van der Waals surface area contributed by atoms with E-state index < -0.39 is 0 Å². The summed E-state index contributed by atoms with van der Waals surface area (Å²) in [4.78, 5) is 5.05. The van der Waals surface area contributed by atoms with Gasteiger partial charge < -0.3 is 5.32 Å². The van der Waals surface area contributed by atoms with Gasteiger partial charge in [-0.2, -0.15) is 0 Å². The maximum absolute atomic E-state index is 13.6. The van der Waals surface area contributed by atoms with Crippen molar-refractivity contribution in [2.45, 2.75) is 13.8 Å². The third-order valence-corrected chi connectivity index (χ3v) is 3.21. The van der Waals surface area contributed by atoms with Crippen molar-refractivity contribution in [3.05, 3.63) is 35.8 Å². The van der Waals surface area contributed by atoms with Crippen LogP contribution >= 0.6 is 11.3 Å². The number of hydrogen-bond acceptors (Lipinski definition) is 3. The Balaban J connectivity index is 2.38. The highest BCUT2D eigenvalue weighted by molar-refractivity contribution is 7.18. The van der Waals surface area contributed by atoms with Crippen LogP contribution < -0.4 is 5.32 Å². The molecule has 16 heavy (non-hydrogen) atoms. The Labute approximate surface area is 98.2 Å². The number of benzene rings is 1. The largest absolute Gasteiger partial charge is 0.362 e.